The summed E-state index contributed by atoms with van der Waals surface area (Å²) in [7, 11) is 0. The third-order valence-electron chi connectivity index (χ3n) is 3.42. The zero-order valence-corrected chi connectivity index (χ0v) is 16.3. The average molecular weight is 415 g/mol. The molecule has 0 unspecified atom stereocenters. The van der Waals surface area contributed by atoms with E-state index in [1.807, 2.05) is 36.4 Å². The first-order chi connectivity index (χ1) is 12.1. The topological polar surface area (TPSA) is 42.5 Å². The Labute approximate surface area is 166 Å². The van der Waals surface area contributed by atoms with E-state index in [-0.39, 0.29) is 6.79 Å². The Bertz CT molecular complexity index is 774. The molecule has 0 aromatic heterocycles. The molecule has 0 amide bonds. The molecule has 2 aromatic carbocycles. The maximum Gasteiger partial charge on any atom is 0.231 e. The third kappa shape index (κ3) is 5.31. The number of hydrogen-bond donors (Lipinski definition) is 2. The number of ether oxygens (including phenoxy) is 2. The van der Waals surface area contributed by atoms with Gasteiger partial charge in [-0.3, -0.25) is 0 Å². The van der Waals surface area contributed by atoms with Gasteiger partial charge in [-0.2, -0.15) is 11.8 Å². The van der Waals surface area contributed by atoms with E-state index in [1.165, 1.54) is 0 Å². The van der Waals surface area contributed by atoms with Gasteiger partial charge in [0, 0.05) is 29.8 Å². The molecule has 0 spiro atoms. The molecule has 1 heterocycles. The molecule has 0 bridgehead atoms. The lowest BCUT2D eigenvalue weighted by molar-refractivity contribution is 0.174. The summed E-state index contributed by atoms with van der Waals surface area (Å²) in [5.74, 6) is 3.28. The lowest BCUT2D eigenvalue weighted by Gasteiger charge is -2.11. The van der Waals surface area contributed by atoms with E-state index in [0.717, 1.165) is 40.8 Å². The quantitative estimate of drug-likeness (QED) is 0.515. The summed E-state index contributed by atoms with van der Waals surface area (Å²) in [6.07, 6.45) is 0. The highest BCUT2D eigenvalue weighted by atomic mass is 35.5. The van der Waals surface area contributed by atoms with Crippen molar-refractivity contribution in [1.29, 1.82) is 0 Å². The maximum atomic E-state index is 6.01. The number of rotatable bonds is 6. The van der Waals surface area contributed by atoms with E-state index < -0.39 is 0 Å². The average Bonchev–Trinajstić information content (AvgIpc) is 3.05. The van der Waals surface area contributed by atoms with Crippen molar-refractivity contribution in [1.82, 2.24) is 5.32 Å². The van der Waals surface area contributed by atoms with Crippen molar-refractivity contribution in [3.63, 3.8) is 0 Å². The Hall–Kier alpha value is -1.34. The molecule has 1 aliphatic rings. The van der Waals surface area contributed by atoms with Crippen LogP contribution in [-0.2, 0) is 5.75 Å². The van der Waals surface area contributed by atoms with Crippen molar-refractivity contribution in [3.05, 3.63) is 52.0 Å². The van der Waals surface area contributed by atoms with Crippen LogP contribution in [0, 0.1) is 0 Å². The molecule has 0 fully saturated rings. The molecule has 0 atom stereocenters. The summed E-state index contributed by atoms with van der Waals surface area (Å²) in [6.45, 7) is 1.03. The van der Waals surface area contributed by atoms with Gasteiger partial charge in [0.1, 0.15) is 0 Å². The van der Waals surface area contributed by atoms with Crippen LogP contribution in [0.3, 0.4) is 0 Å². The van der Waals surface area contributed by atoms with E-state index in [1.54, 1.807) is 11.8 Å². The predicted molar refractivity (Wildman–Crippen MR) is 109 cm³/mol. The lowest BCUT2D eigenvalue weighted by Crippen LogP contribution is -2.30. The molecular weight excluding hydrogens is 399 g/mol. The van der Waals surface area contributed by atoms with Gasteiger partial charge in [0.15, 0.2) is 16.6 Å². The van der Waals surface area contributed by atoms with E-state index >= 15 is 0 Å². The Morgan fingerprint density at radius 1 is 1.08 bits per heavy atom. The summed E-state index contributed by atoms with van der Waals surface area (Å²) in [5.41, 5.74) is 2.02. The molecule has 25 heavy (non-hydrogen) atoms. The molecule has 2 aromatic rings. The fourth-order valence-electron chi connectivity index (χ4n) is 2.21. The first-order valence-corrected chi connectivity index (χ1v) is 9.90. The Kier molecular flexibility index (Phi) is 6.53. The van der Waals surface area contributed by atoms with Gasteiger partial charge in [-0.25, -0.2) is 0 Å². The summed E-state index contributed by atoms with van der Waals surface area (Å²) in [4.78, 5) is 0. The van der Waals surface area contributed by atoms with Crippen LogP contribution >= 0.6 is 47.2 Å². The summed E-state index contributed by atoms with van der Waals surface area (Å²) in [5, 5.41) is 8.07. The third-order valence-corrected chi connectivity index (χ3v) is 5.43. The van der Waals surface area contributed by atoms with Gasteiger partial charge in [-0.15, -0.1) is 0 Å². The van der Waals surface area contributed by atoms with Gasteiger partial charge in [-0.1, -0.05) is 29.3 Å². The van der Waals surface area contributed by atoms with Gasteiger partial charge in [0.05, 0.1) is 10.0 Å². The highest BCUT2D eigenvalue weighted by Gasteiger charge is 2.13. The number of fused-ring (bicyclic) bond motifs is 1. The van der Waals surface area contributed by atoms with Gasteiger partial charge < -0.3 is 20.1 Å². The molecule has 4 nitrogen and oxygen atoms in total. The van der Waals surface area contributed by atoms with E-state index in [4.69, 9.17) is 44.9 Å². The van der Waals surface area contributed by atoms with Gasteiger partial charge in [0.2, 0.25) is 6.79 Å². The first kappa shape index (κ1) is 18.5. The standard InChI is InChI=1S/C17H16Cl2N2O2S2/c18-13-3-1-11(7-14(13)19)9-25-6-5-20-17(24)21-12-2-4-15-16(8-12)23-10-22-15/h1-4,7-8H,5-6,9-10H2,(H2,20,21,24). The number of thioether (sulfide) groups is 1. The first-order valence-electron chi connectivity index (χ1n) is 7.58. The van der Waals surface area contributed by atoms with Crippen LogP contribution in [0.15, 0.2) is 36.4 Å². The van der Waals surface area contributed by atoms with Crippen molar-refractivity contribution in [2.75, 3.05) is 24.4 Å². The largest absolute Gasteiger partial charge is 0.454 e. The van der Waals surface area contributed by atoms with Crippen LogP contribution in [0.5, 0.6) is 11.5 Å². The fraction of sp³-hybridized carbons (Fsp3) is 0.235. The smallest absolute Gasteiger partial charge is 0.231 e. The van der Waals surface area contributed by atoms with E-state index in [9.17, 15) is 0 Å². The number of halogens is 2. The van der Waals surface area contributed by atoms with Crippen molar-refractivity contribution in [3.8, 4) is 11.5 Å². The lowest BCUT2D eigenvalue weighted by atomic mass is 10.2. The second-order valence-corrected chi connectivity index (χ2v) is 7.58. The minimum absolute atomic E-state index is 0.261. The molecule has 132 valence electrons. The number of hydrogen-bond acceptors (Lipinski definition) is 4. The predicted octanol–water partition coefficient (Wildman–Crippen LogP) is 4.94. The molecular formula is C17H16Cl2N2O2S2. The molecule has 0 saturated carbocycles. The van der Waals surface area contributed by atoms with Crippen LogP contribution in [-0.4, -0.2) is 24.2 Å². The second kappa shape index (κ2) is 8.85. The minimum Gasteiger partial charge on any atom is -0.454 e. The zero-order valence-electron chi connectivity index (χ0n) is 13.2. The highest BCUT2D eigenvalue weighted by Crippen LogP contribution is 2.34. The van der Waals surface area contributed by atoms with Crippen LogP contribution in [0.4, 0.5) is 5.69 Å². The molecule has 0 aliphatic carbocycles. The van der Waals surface area contributed by atoms with Crippen LogP contribution < -0.4 is 20.1 Å². The second-order valence-electron chi connectivity index (χ2n) is 5.25. The van der Waals surface area contributed by atoms with Crippen molar-refractivity contribution in [2.45, 2.75) is 5.75 Å². The van der Waals surface area contributed by atoms with Crippen LogP contribution in [0.25, 0.3) is 0 Å². The monoisotopic (exact) mass is 414 g/mol. The number of anilines is 1. The fourth-order valence-corrected chi connectivity index (χ4v) is 3.55. The maximum absolute atomic E-state index is 6.01. The Morgan fingerprint density at radius 2 is 1.92 bits per heavy atom. The molecule has 8 heteroatoms. The Morgan fingerprint density at radius 3 is 2.76 bits per heavy atom. The number of nitrogens with one attached hydrogen (secondary N) is 2. The van der Waals surface area contributed by atoms with Crippen LogP contribution in [0.1, 0.15) is 5.56 Å². The van der Waals surface area contributed by atoms with Crippen molar-refractivity contribution < 1.29 is 9.47 Å². The van der Waals surface area contributed by atoms with E-state index in [2.05, 4.69) is 10.6 Å². The summed E-state index contributed by atoms with van der Waals surface area (Å²) in [6, 6.07) is 11.3. The molecule has 3 rings (SSSR count). The van der Waals surface area contributed by atoms with Gasteiger partial charge in [-0.05, 0) is 42.0 Å². The highest BCUT2D eigenvalue weighted by molar-refractivity contribution is 7.98. The minimum atomic E-state index is 0.261. The molecule has 0 saturated heterocycles. The van der Waals surface area contributed by atoms with Crippen molar-refractivity contribution in [2.24, 2.45) is 0 Å². The normalized spacial score (nSPS) is 12.1. The van der Waals surface area contributed by atoms with Crippen LogP contribution in [0.2, 0.25) is 10.0 Å². The zero-order chi connectivity index (χ0) is 17.6. The van der Waals surface area contributed by atoms with Gasteiger partial charge >= 0.3 is 0 Å². The van der Waals surface area contributed by atoms with E-state index in [0.29, 0.717) is 15.2 Å². The van der Waals surface area contributed by atoms with Crippen molar-refractivity contribution >= 4 is 58.0 Å². The Balaban J connectivity index is 1.36. The number of thiocarbonyl (C=S) groups is 1. The number of benzene rings is 2. The van der Waals surface area contributed by atoms with Gasteiger partial charge in [0.25, 0.3) is 0 Å². The SMILES string of the molecule is S=C(NCCSCc1ccc(Cl)c(Cl)c1)Nc1ccc2c(c1)OCO2. The summed E-state index contributed by atoms with van der Waals surface area (Å²) >= 11 is 19.0. The molecule has 0 radical (unpaired) electrons. The molecule has 1 aliphatic heterocycles. The summed E-state index contributed by atoms with van der Waals surface area (Å²) < 4.78 is 10.6. The molecule has 2 N–H and O–H groups in total.